The summed E-state index contributed by atoms with van der Waals surface area (Å²) in [5.41, 5.74) is 4.37. The zero-order chi connectivity index (χ0) is 18.7. The highest BCUT2D eigenvalue weighted by Gasteiger charge is 2.19. The molecule has 0 saturated carbocycles. The molecule has 0 saturated heterocycles. The number of anilines is 1. The predicted molar refractivity (Wildman–Crippen MR) is 109 cm³/mol. The van der Waals surface area contributed by atoms with Crippen LogP contribution in [0.5, 0.6) is 0 Å². The van der Waals surface area contributed by atoms with Crippen LogP contribution in [-0.2, 0) is 11.3 Å². The number of rotatable bonds is 5. The van der Waals surface area contributed by atoms with Gasteiger partial charge in [-0.05, 0) is 61.9 Å². The highest BCUT2D eigenvalue weighted by atomic mass is 16.2. The lowest BCUT2D eigenvalue weighted by Gasteiger charge is -2.24. The van der Waals surface area contributed by atoms with Crippen LogP contribution < -0.4 is 5.32 Å². The Kier molecular flexibility index (Phi) is 5.38. The number of nitrogens with one attached hydrogen (secondary N) is 1. The van der Waals surface area contributed by atoms with Gasteiger partial charge in [0.2, 0.25) is 5.91 Å². The van der Waals surface area contributed by atoms with Crippen molar-refractivity contribution in [1.29, 1.82) is 0 Å². The van der Waals surface area contributed by atoms with Gasteiger partial charge in [0.25, 0.3) is 0 Å². The average molecular weight is 346 g/mol. The Morgan fingerprint density at radius 1 is 1.00 bits per heavy atom. The molecule has 1 N–H and O–H groups in total. The van der Waals surface area contributed by atoms with Crippen molar-refractivity contribution in [2.45, 2.75) is 33.4 Å². The van der Waals surface area contributed by atoms with E-state index in [1.807, 2.05) is 39.1 Å². The molecule has 3 heteroatoms. The van der Waals surface area contributed by atoms with Crippen molar-refractivity contribution >= 4 is 22.4 Å². The fourth-order valence-electron chi connectivity index (χ4n) is 3.15. The molecule has 0 bridgehead atoms. The lowest BCUT2D eigenvalue weighted by atomic mass is 10.1. The van der Waals surface area contributed by atoms with Gasteiger partial charge in [-0.2, -0.15) is 0 Å². The summed E-state index contributed by atoms with van der Waals surface area (Å²) >= 11 is 0. The maximum absolute atomic E-state index is 12.6. The first-order valence-electron chi connectivity index (χ1n) is 9.00. The molecule has 0 fully saturated rings. The molecule has 1 atom stereocenters. The largest absolute Gasteiger partial charge is 0.324 e. The van der Waals surface area contributed by atoms with E-state index in [4.69, 9.17) is 0 Å². The molecule has 0 aliphatic carbocycles. The van der Waals surface area contributed by atoms with Gasteiger partial charge in [0.1, 0.15) is 0 Å². The number of likely N-dealkylation sites (N-methyl/N-ethyl adjacent to an activating group) is 1. The Morgan fingerprint density at radius 3 is 2.46 bits per heavy atom. The number of hydrogen-bond acceptors (Lipinski definition) is 2. The standard InChI is InChI=1S/C23H26N2O/c1-16-9-12-22(17(2)13-16)24-23(26)18(3)25(4)15-19-10-11-20-7-5-6-8-21(20)14-19/h5-14,18H,15H2,1-4H3,(H,24,26). The monoisotopic (exact) mass is 346 g/mol. The Balaban J connectivity index is 1.67. The second-order valence-electron chi connectivity index (χ2n) is 7.08. The summed E-state index contributed by atoms with van der Waals surface area (Å²) in [6.45, 7) is 6.75. The molecule has 1 unspecified atom stereocenters. The third-order valence-electron chi connectivity index (χ3n) is 4.93. The summed E-state index contributed by atoms with van der Waals surface area (Å²) in [4.78, 5) is 14.7. The Morgan fingerprint density at radius 2 is 1.73 bits per heavy atom. The Bertz CT molecular complexity index is 932. The fourth-order valence-corrected chi connectivity index (χ4v) is 3.15. The molecule has 0 aromatic heterocycles. The zero-order valence-electron chi connectivity index (χ0n) is 15.9. The molecule has 3 aromatic rings. The first-order chi connectivity index (χ1) is 12.4. The predicted octanol–water partition coefficient (Wildman–Crippen LogP) is 4.92. The Hall–Kier alpha value is -2.65. The molecule has 0 aliphatic rings. The lowest BCUT2D eigenvalue weighted by Crippen LogP contribution is -2.39. The fraction of sp³-hybridized carbons (Fsp3) is 0.261. The molecule has 1 amide bonds. The average Bonchev–Trinajstić information content (AvgIpc) is 2.63. The molecule has 0 heterocycles. The maximum Gasteiger partial charge on any atom is 0.241 e. The van der Waals surface area contributed by atoms with Crippen LogP contribution in [0.1, 0.15) is 23.6 Å². The van der Waals surface area contributed by atoms with Crippen molar-refractivity contribution in [3.05, 3.63) is 77.4 Å². The van der Waals surface area contributed by atoms with E-state index in [-0.39, 0.29) is 11.9 Å². The van der Waals surface area contributed by atoms with Gasteiger partial charge >= 0.3 is 0 Å². The van der Waals surface area contributed by atoms with E-state index in [0.717, 1.165) is 17.8 Å². The van der Waals surface area contributed by atoms with Crippen molar-refractivity contribution in [1.82, 2.24) is 4.90 Å². The summed E-state index contributed by atoms with van der Waals surface area (Å²) < 4.78 is 0. The number of carbonyl (C=O) groups is 1. The SMILES string of the molecule is Cc1ccc(NC(=O)C(C)N(C)Cc2ccc3ccccc3c2)c(C)c1. The van der Waals surface area contributed by atoms with E-state index in [0.29, 0.717) is 0 Å². The van der Waals surface area contributed by atoms with Crippen LogP contribution in [0, 0.1) is 13.8 Å². The number of aryl methyl sites for hydroxylation is 2. The second-order valence-corrected chi connectivity index (χ2v) is 7.08. The van der Waals surface area contributed by atoms with Gasteiger partial charge in [-0.1, -0.05) is 54.1 Å². The highest BCUT2D eigenvalue weighted by Crippen LogP contribution is 2.19. The molecule has 0 radical (unpaired) electrons. The van der Waals surface area contributed by atoms with Gasteiger partial charge in [0, 0.05) is 12.2 Å². The minimum Gasteiger partial charge on any atom is -0.324 e. The molecule has 134 valence electrons. The number of carbonyl (C=O) groups excluding carboxylic acids is 1. The third-order valence-corrected chi connectivity index (χ3v) is 4.93. The van der Waals surface area contributed by atoms with Crippen LogP contribution in [0.4, 0.5) is 5.69 Å². The van der Waals surface area contributed by atoms with Crippen molar-refractivity contribution in [3.8, 4) is 0 Å². The quantitative estimate of drug-likeness (QED) is 0.711. The van der Waals surface area contributed by atoms with Crippen LogP contribution in [0.3, 0.4) is 0 Å². The van der Waals surface area contributed by atoms with E-state index >= 15 is 0 Å². The highest BCUT2D eigenvalue weighted by molar-refractivity contribution is 5.95. The summed E-state index contributed by atoms with van der Waals surface area (Å²) in [6, 6.07) is 20.7. The summed E-state index contributed by atoms with van der Waals surface area (Å²) in [5.74, 6) is 0.0141. The summed E-state index contributed by atoms with van der Waals surface area (Å²) in [5, 5.41) is 5.52. The number of amides is 1. The van der Waals surface area contributed by atoms with E-state index in [1.165, 1.54) is 21.9 Å². The van der Waals surface area contributed by atoms with E-state index in [9.17, 15) is 4.79 Å². The van der Waals surface area contributed by atoms with Crippen molar-refractivity contribution < 1.29 is 4.79 Å². The first kappa shape index (κ1) is 18.2. The maximum atomic E-state index is 12.6. The molecule has 0 spiro atoms. The lowest BCUT2D eigenvalue weighted by molar-refractivity contribution is -0.120. The third kappa shape index (κ3) is 4.12. The molecule has 3 rings (SSSR count). The smallest absolute Gasteiger partial charge is 0.241 e. The van der Waals surface area contributed by atoms with Crippen molar-refractivity contribution in [3.63, 3.8) is 0 Å². The molecule has 0 aliphatic heterocycles. The van der Waals surface area contributed by atoms with Crippen LogP contribution in [0.15, 0.2) is 60.7 Å². The van der Waals surface area contributed by atoms with Gasteiger partial charge < -0.3 is 5.32 Å². The summed E-state index contributed by atoms with van der Waals surface area (Å²) in [7, 11) is 1.99. The van der Waals surface area contributed by atoms with Crippen LogP contribution in [0.2, 0.25) is 0 Å². The minimum absolute atomic E-state index is 0.0141. The zero-order valence-corrected chi connectivity index (χ0v) is 15.9. The van der Waals surface area contributed by atoms with Crippen molar-refractivity contribution in [2.75, 3.05) is 12.4 Å². The topological polar surface area (TPSA) is 32.3 Å². The van der Waals surface area contributed by atoms with Crippen LogP contribution >= 0.6 is 0 Å². The van der Waals surface area contributed by atoms with Gasteiger partial charge in [0.15, 0.2) is 0 Å². The minimum atomic E-state index is -0.220. The van der Waals surface area contributed by atoms with Gasteiger partial charge in [0.05, 0.1) is 6.04 Å². The van der Waals surface area contributed by atoms with Gasteiger partial charge in [-0.15, -0.1) is 0 Å². The number of hydrogen-bond donors (Lipinski definition) is 1. The molecular weight excluding hydrogens is 320 g/mol. The van der Waals surface area contributed by atoms with Gasteiger partial charge in [-0.3, -0.25) is 9.69 Å². The molecule has 3 aromatic carbocycles. The molecular formula is C23H26N2O. The number of benzene rings is 3. The van der Waals surface area contributed by atoms with Gasteiger partial charge in [-0.25, -0.2) is 0 Å². The Labute approximate surface area is 155 Å². The number of nitrogens with zero attached hydrogens (tertiary/aromatic N) is 1. The molecule has 3 nitrogen and oxygen atoms in total. The van der Waals surface area contributed by atoms with E-state index < -0.39 is 0 Å². The van der Waals surface area contributed by atoms with E-state index in [1.54, 1.807) is 0 Å². The van der Waals surface area contributed by atoms with Crippen LogP contribution in [0.25, 0.3) is 10.8 Å². The van der Waals surface area contributed by atoms with Crippen LogP contribution in [-0.4, -0.2) is 23.9 Å². The van der Waals surface area contributed by atoms with E-state index in [2.05, 4.69) is 59.6 Å². The summed E-state index contributed by atoms with van der Waals surface area (Å²) in [6.07, 6.45) is 0. The number of fused-ring (bicyclic) bond motifs is 1. The second kappa shape index (κ2) is 7.71. The first-order valence-corrected chi connectivity index (χ1v) is 9.00. The molecule has 26 heavy (non-hydrogen) atoms. The normalized spacial score (nSPS) is 12.3. The van der Waals surface area contributed by atoms with Crippen molar-refractivity contribution in [2.24, 2.45) is 0 Å².